The summed E-state index contributed by atoms with van der Waals surface area (Å²) in [5.74, 6) is 0.313. The van der Waals surface area contributed by atoms with Crippen LogP contribution < -0.4 is 4.90 Å². The fraction of sp³-hybridized carbons (Fsp3) is 0.370. The number of hydrogen-bond donors (Lipinski definition) is 0. The number of rotatable bonds is 7. The molecule has 2 aromatic carbocycles. The number of sulfonamides is 1. The number of thioether (sulfide) groups is 1. The van der Waals surface area contributed by atoms with Gasteiger partial charge in [0.15, 0.2) is 5.78 Å². The highest BCUT2D eigenvalue weighted by molar-refractivity contribution is 7.99. The fourth-order valence-electron chi connectivity index (χ4n) is 5.01. The van der Waals surface area contributed by atoms with Crippen molar-refractivity contribution >= 4 is 33.3 Å². The van der Waals surface area contributed by atoms with E-state index in [0.29, 0.717) is 18.7 Å². The van der Waals surface area contributed by atoms with Gasteiger partial charge in [0.25, 0.3) is 5.22 Å². The van der Waals surface area contributed by atoms with Crippen LogP contribution in [0.4, 0.5) is 5.69 Å². The molecule has 10 heteroatoms. The summed E-state index contributed by atoms with van der Waals surface area (Å²) in [6.45, 7) is 5.31. The van der Waals surface area contributed by atoms with Gasteiger partial charge in [0.2, 0.25) is 15.9 Å². The van der Waals surface area contributed by atoms with E-state index in [4.69, 9.17) is 4.42 Å². The van der Waals surface area contributed by atoms with E-state index in [-0.39, 0.29) is 33.0 Å². The first-order valence-corrected chi connectivity index (χ1v) is 14.8. The third-order valence-corrected chi connectivity index (χ3v) is 9.75. The summed E-state index contributed by atoms with van der Waals surface area (Å²) < 4.78 is 33.4. The maximum Gasteiger partial charge on any atom is 0.277 e. The van der Waals surface area contributed by atoms with Gasteiger partial charge in [-0.25, -0.2) is 8.42 Å². The molecule has 0 aliphatic carbocycles. The number of likely N-dealkylation sites (N-methyl/N-ethyl adjacent to an activating group) is 1. The number of aromatic nitrogens is 2. The number of fused-ring (bicyclic) bond motifs is 1. The molecule has 0 unspecified atom stereocenters. The van der Waals surface area contributed by atoms with Crippen molar-refractivity contribution in [2.75, 3.05) is 30.8 Å². The van der Waals surface area contributed by atoms with Gasteiger partial charge in [-0.15, -0.1) is 10.2 Å². The first kappa shape index (κ1) is 25.7. The number of allylic oxidation sites excluding steroid dienone is 2. The predicted octanol–water partition coefficient (Wildman–Crippen LogP) is 4.88. The van der Waals surface area contributed by atoms with E-state index in [9.17, 15) is 13.2 Å². The van der Waals surface area contributed by atoms with E-state index < -0.39 is 10.0 Å². The number of nitrogens with zero attached hydrogens (tertiary/aromatic N) is 4. The highest BCUT2D eigenvalue weighted by atomic mass is 32.2. The fourth-order valence-corrected chi connectivity index (χ4v) is 7.16. The Kier molecular flexibility index (Phi) is 6.99. The van der Waals surface area contributed by atoms with E-state index in [1.54, 1.807) is 30.3 Å². The molecule has 0 saturated carbocycles. The quantitative estimate of drug-likeness (QED) is 0.310. The molecule has 1 aromatic heterocycles. The molecule has 194 valence electrons. The van der Waals surface area contributed by atoms with Crippen LogP contribution in [0.2, 0.25) is 0 Å². The molecule has 0 spiro atoms. The molecule has 0 bridgehead atoms. The van der Waals surface area contributed by atoms with Crippen LogP contribution in [-0.4, -0.2) is 54.6 Å². The second-order valence-corrected chi connectivity index (χ2v) is 12.7. The van der Waals surface area contributed by atoms with Crippen molar-refractivity contribution in [2.24, 2.45) is 0 Å². The molecule has 0 radical (unpaired) electrons. The number of para-hydroxylation sites is 1. The first-order chi connectivity index (χ1) is 17.7. The number of hydrogen-bond acceptors (Lipinski definition) is 8. The van der Waals surface area contributed by atoms with Crippen molar-refractivity contribution in [1.29, 1.82) is 0 Å². The monoisotopic (exact) mass is 538 g/mol. The lowest BCUT2D eigenvalue weighted by Crippen LogP contribution is -2.35. The molecule has 5 rings (SSSR count). The van der Waals surface area contributed by atoms with Crippen molar-refractivity contribution < 1.29 is 17.6 Å². The van der Waals surface area contributed by atoms with Gasteiger partial charge in [-0.05, 0) is 42.7 Å². The average molecular weight is 539 g/mol. The van der Waals surface area contributed by atoms with Crippen LogP contribution in [0.3, 0.4) is 0 Å². The zero-order valence-electron chi connectivity index (χ0n) is 21.2. The number of carbonyl (C=O) groups is 1. The summed E-state index contributed by atoms with van der Waals surface area (Å²) in [5, 5.41) is 8.40. The van der Waals surface area contributed by atoms with Gasteiger partial charge in [-0.1, -0.05) is 56.3 Å². The minimum absolute atomic E-state index is 0.0536. The second-order valence-electron chi connectivity index (χ2n) is 9.85. The summed E-state index contributed by atoms with van der Waals surface area (Å²) in [5.41, 5.74) is 3.49. The Hall–Kier alpha value is -2.95. The van der Waals surface area contributed by atoms with E-state index in [2.05, 4.69) is 41.1 Å². The van der Waals surface area contributed by atoms with Crippen LogP contribution in [0.15, 0.2) is 74.8 Å². The molecule has 1 fully saturated rings. The van der Waals surface area contributed by atoms with Crippen LogP contribution in [0, 0.1) is 0 Å². The molecule has 8 nitrogen and oxygen atoms in total. The van der Waals surface area contributed by atoms with Gasteiger partial charge >= 0.3 is 0 Å². The van der Waals surface area contributed by atoms with Crippen LogP contribution in [0.25, 0.3) is 11.5 Å². The maximum absolute atomic E-state index is 13.0. The molecule has 3 heterocycles. The van der Waals surface area contributed by atoms with Crippen LogP contribution in [-0.2, 0) is 20.2 Å². The SMILES string of the molecule is CN1/C(=C\C(=O)CSc2nnc(-c3cccc(S(=O)(=O)N4CCCCC4)c3)o2)C(C)(C)c2ccccc21. The molecule has 3 aromatic rings. The van der Waals surface area contributed by atoms with Gasteiger partial charge in [-0.2, -0.15) is 4.31 Å². The topological polar surface area (TPSA) is 96.6 Å². The maximum atomic E-state index is 13.0. The van der Waals surface area contributed by atoms with E-state index in [1.807, 2.05) is 19.2 Å². The number of carbonyl (C=O) groups excluding carboxylic acids is 1. The Morgan fingerprint density at radius 1 is 1.08 bits per heavy atom. The summed E-state index contributed by atoms with van der Waals surface area (Å²) in [6, 6.07) is 14.7. The average Bonchev–Trinajstić information content (AvgIpc) is 3.46. The van der Waals surface area contributed by atoms with Crippen molar-refractivity contribution in [3.05, 3.63) is 65.9 Å². The zero-order chi connectivity index (χ0) is 26.2. The van der Waals surface area contributed by atoms with E-state index in [1.165, 1.54) is 21.6 Å². The highest BCUT2D eigenvalue weighted by Gasteiger charge is 2.38. The van der Waals surface area contributed by atoms with Crippen molar-refractivity contribution in [1.82, 2.24) is 14.5 Å². The highest BCUT2D eigenvalue weighted by Crippen LogP contribution is 2.46. The molecule has 37 heavy (non-hydrogen) atoms. The van der Waals surface area contributed by atoms with Gasteiger partial charge < -0.3 is 9.32 Å². The van der Waals surface area contributed by atoms with Gasteiger partial charge in [0, 0.05) is 48.6 Å². The second kappa shape index (κ2) is 10.1. The summed E-state index contributed by atoms with van der Waals surface area (Å²) in [4.78, 5) is 15.1. The lowest BCUT2D eigenvalue weighted by atomic mass is 9.83. The lowest BCUT2D eigenvalue weighted by molar-refractivity contribution is -0.112. The lowest BCUT2D eigenvalue weighted by Gasteiger charge is -2.25. The first-order valence-electron chi connectivity index (χ1n) is 12.3. The smallest absolute Gasteiger partial charge is 0.277 e. The molecule has 2 aliphatic heterocycles. The minimum Gasteiger partial charge on any atom is -0.411 e. The van der Waals surface area contributed by atoms with Crippen molar-refractivity contribution in [3.8, 4) is 11.5 Å². The number of ketones is 1. The Labute approximate surface area is 221 Å². The van der Waals surface area contributed by atoms with Crippen LogP contribution in [0.1, 0.15) is 38.7 Å². The van der Waals surface area contributed by atoms with Crippen molar-refractivity contribution in [2.45, 2.75) is 48.6 Å². The number of piperidine rings is 1. The Bertz CT molecular complexity index is 1460. The third kappa shape index (κ3) is 4.97. The predicted molar refractivity (Wildman–Crippen MR) is 144 cm³/mol. The third-order valence-electron chi connectivity index (χ3n) is 7.02. The van der Waals surface area contributed by atoms with Gasteiger partial charge in [0.1, 0.15) is 0 Å². The Morgan fingerprint density at radius 2 is 1.84 bits per heavy atom. The summed E-state index contributed by atoms with van der Waals surface area (Å²) in [6.07, 6.45) is 4.49. The summed E-state index contributed by atoms with van der Waals surface area (Å²) >= 11 is 1.17. The Balaban J connectivity index is 1.27. The molecule has 0 amide bonds. The van der Waals surface area contributed by atoms with Crippen LogP contribution in [0.5, 0.6) is 0 Å². The Morgan fingerprint density at radius 3 is 2.59 bits per heavy atom. The van der Waals surface area contributed by atoms with E-state index in [0.717, 1.165) is 30.6 Å². The van der Waals surface area contributed by atoms with Gasteiger partial charge in [-0.3, -0.25) is 4.79 Å². The van der Waals surface area contributed by atoms with Crippen molar-refractivity contribution in [3.63, 3.8) is 0 Å². The molecule has 2 aliphatic rings. The zero-order valence-corrected chi connectivity index (χ0v) is 22.8. The number of benzene rings is 2. The molecule has 1 saturated heterocycles. The van der Waals surface area contributed by atoms with Crippen LogP contribution >= 0.6 is 11.8 Å². The van der Waals surface area contributed by atoms with Gasteiger partial charge in [0.05, 0.1) is 10.6 Å². The summed E-state index contributed by atoms with van der Waals surface area (Å²) in [7, 11) is -1.59. The largest absolute Gasteiger partial charge is 0.411 e. The molecule has 0 atom stereocenters. The minimum atomic E-state index is -3.57. The standard InChI is InChI=1S/C27H30N4O4S2/c1-27(2)22-12-5-6-13-23(22)30(3)24(27)17-20(32)18-36-26-29-28-25(35-26)19-10-9-11-21(16-19)37(33,34)31-14-7-4-8-15-31/h5-6,9-13,16-17H,4,7-8,14-15,18H2,1-3H3/b24-17-. The molecular weight excluding hydrogens is 508 g/mol. The normalized spacial score (nSPS) is 18.8. The molecule has 0 N–H and O–H groups in total. The molecular formula is C27H30N4O4S2. The number of anilines is 1. The van der Waals surface area contributed by atoms with E-state index >= 15 is 0 Å².